The average Bonchev–Trinajstić information content (AvgIpc) is 2.79. The minimum atomic E-state index is -3.58. The van der Waals surface area contributed by atoms with Crippen molar-refractivity contribution in [1.82, 2.24) is 19.8 Å². The number of hydrogen-bond acceptors (Lipinski definition) is 5. The van der Waals surface area contributed by atoms with Crippen LogP contribution in [0.3, 0.4) is 0 Å². The molecule has 0 aliphatic carbocycles. The maximum absolute atomic E-state index is 12.4. The molecule has 0 aromatic carbocycles. The largest absolute Gasteiger partial charge is 0.329 e. The summed E-state index contributed by atoms with van der Waals surface area (Å²) in [5.41, 5.74) is 5.80. The lowest BCUT2D eigenvalue weighted by molar-refractivity contribution is 0.182. The Morgan fingerprint density at radius 3 is 2.63 bits per heavy atom. The number of piperidine rings is 1. The summed E-state index contributed by atoms with van der Waals surface area (Å²) in [6.45, 7) is 3.66. The van der Waals surface area contributed by atoms with Gasteiger partial charge in [0, 0.05) is 12.1 Å². The van der Waals surface area contributed by atoms with E-state index >= 15 is 0 Å². The van der Waals surface area contributed by atoms with Gasteiger partial charge in [0.05, 0.1) is 11.9 Å². The molecule has 2 rings (SSSR count). The van der Waals surface area contributed by atoms with E-state index in [1.807, 2.05) is 7.05 Å². The Morgan fingerprint density at radius 2 is 2.16 bits per heavy atom. The number of hydrogen-bond donors (Lipinski definition) is 3. The van der Waals surface area contributed by atoms with Crippen molar-refractivity contribution in [2.24, 2.45) is 5.73 Å². The van der Waals surface area contributed by atoms with E-state index in [0.29, 0.717) is 12.2 Å². The third-order valence-electron chi connectivity index (χ3n) is 3.76. The zero-order chi connectivity index (χ0) is 14.1. The Hall–Kier alpha value is -0.960. The van der Waals surface area contributed by atoms with Gasteiger partial charge in [0.2, 0.25) is 10.0 Å². The van der Waals surface area contributed by atoms with E-state index in [2.05, 4.69) is 19.8 Å². The van der Waals surface area contributed by atoms with Gasteiger partial charge >= 0.3 is 0 Å². The number of nitrogens with two attached hydrogens (primary N) is 1. The van der Waals surface area contributed by atoms with Crippen LogP contribution in [0, 0.1) is 6.92 Å². The molecule has 108 valence electrons. The Kier molecular flexibility index (Phi) is 3.95. The van der Waals surface area contributed by atoms with Crippen LogP contribution in [0.5, 0.6) is 0 Å². The van der Waals surface area contributed by atoms with E-state index in [4.69, 9.17) is 5.73 Å². The number of sulfonamides is 1. The molecule has 0 atom stereocenters. The molecule has 1 saturated heterocycles. The van der Waals surface area contributed by atoms with Gasteiger partial charge in [0.1, 0.15) is 4.90 Å². The van der Waals surface area contributed by atoms with Crippen LogP contribution in [-0.2, 0) is 10.0 Å². The second-order valence-electron chi connectivity index (χ2n) is 5.25. The van der Waals surface area contributed by atoms with Gasteiger partial charge in [-0.2, -0.15) is 5.10 Å². The van der Waals surface area contributed by atoms with Crippen LogP contribution >= 0.6 is 0 Å². The molecule has 1 aromatic heterocycles. The van der Waals surface area contributed by atoms with E-state index in [1.165, 1.54) is 6.20 Å². The summed E-state index contributed by atoms with van der Waals surface area (Å²) in [4.78, 5) is 2.37. The zero-order valence-electron chi connectivity index (χ0n) is 11.3. The topological polar surface area (TPSA) is 104 Å². The molecule has 8 heteroatoms. The second kappa shape index (κ2) is 5.20. The van der Waals surface area contributed by atoms with Crippen molar-refractivity contribution >= 4 is 10.0 Å². The molecule has 4 N–H and O–H groups in total. The Balaban J connectivity index is 2.21. The Morgan fingerprint density at radius 1 is 1.53 bits per heavy atom. The van der Waals surface area contributed by atoms with Gasteiger partial charge in [-0.3, -0.25) is 5.10 Å². The maximum Gasteiger partial charge on any atom is 0.244 e. The van der Waals surface area contributed by atoms with E-state index in [9.17, 15) is 8.42 Å². The third kappa shape index (κ3) is 2.97. The van der Waals surface area contributed by atoms with Crippen molar-refractivity contribution in [3.8, 4) is 0 Å². The molecule has 7 nitrogen and oxygen atoms in total. The molecule has 0 unspecified atom stereocenters. The number of likely N-dealkylation sites (tertiary alicyclic amines) is 1. The summed E-state index contributed by atoms with van der Waals surface area (Å²) in [6, 6.07) is 0. The maximum atomic E-state index is 12.4. The van der Waals surface area contributed by atoms with Crippen LogP contribution in [0.4, 0.5) is 0 Å². The van der Waals surface area contributed by atoms with Crippen LogP contribution in [0.2, 0.25) is 0 Å². The highest BCUT2D eigenvalue weighted by Gasteiger charge is 2.37. The van der Waals surface area contributed by atoms with E-state index < -0.39 is 15.6 Å². The summed E-state index contributed by atoms with van der Waals surface area (Å²) in [5, 5.41) is 6.40. The SMILES string of the molecule is Cc1[nH]ncc1S(=O)(=O)NC1(CN)CCN(C)CC1. The minimum absolute atomic E-state index is 0.194. The minimum Gasteiger partial charge on any atom is -0.329 e. The smallest absolute Gasteiger partial charge is 0.244 e. The lowest BCUT2D eigenvalue weighted by Crippen LogP contribution is -2.58. The number of nitrogens with one attached hydrogen (secondary N) is 2. The highest BCUT2D eigenvalue weighted by molar-refractivity contribution is 7.89. The fourth-order valence-electron chi connectivity index (χ4n) is 2.34. The lowest BCUT2D eigenvalue weighted by Gasteiger charge is -2.40. The van der Waals surface area contributed by atoms with Gasteiger partial charge in [0.15, 0.2) is 0 Å². The number of H-pyrrole nitrogens is 1. The molecule has 0 amide bonds. The number of aromatic nitrogens is 2. The fraction of sp³-hybridized carbons (Fsp3) is 0.727. The standard InChI is InChI=1S/C11H21N5O2S/c1-9-10(7-13-14-9)19(17,18)15-11(8-12)3-5-16(2)6-4-11/h7,15H,3-6,8,12H2,1-2H3,(H,13,14). The van der Waals surface area contributed by atoms with E-state index in [-0.39, 0.29) is 4.90 Å². The van der Waals surface area contributed by atoms with Gasteiger partial charge in [-0.15, -0.1) is 0 Å². The van der Waals surface area contributed by atoms with Gasteiger partial charge in [-0.05, 0) is 39.9 Å². The van der Waals surface area contributed by atoms with Crippen molar-refractivity contribution in [2.45, 2.75) is 30.2 Å². The highest BCUT2D eigenvalue weighted by atomic mass is 32.2. The monoisotopic (exact) mass is 287 g/mol. The molecule has 0 saturated carbocycles. The van der Waals surface area contributed by atoms with Crippen LogP contribution < -0.4 is 10.5 Å². The van der Waals surface area contributed by atoms with Gasteiger partial charge in [0.25, 0.3) is 0 Å². The quantitative estimate of drug-likeness (QED) is 0.687. The van der Waals surface area contributed by atoms with Gasteiger partial charge in [-0.25, -0.2) is 13.1 Å². The molecule has 1 aromatic rings. The zero-order valence-corrected chi connectivity index (χ0v) is 12.1. The first kappa shape index (κ1) is 14.4. The second-order valence-corrected chi connectivity index (χ2v) is 6.90. The summed E-state index contributed by atoms with van der Waals surface area (Å²) in [6.07, 6.45) is 2.77. The molecule has 1 fully saturated rings. The first-order valence-corrected chi connectivity index (χ1v) is 7.79. The van der Waals surface area contributed by atoms with Gasteiger partial charge < -0.3 is 10.6 Å². The number of nitrogens with zero attached hydrogens (tertiary/aromatic N) is 2. The molecule has 19 heavy (non-hydrogen) atoms. The molecular formula is C11H21N5O2S. The predicted molar refractivity (Wildman–Crippen MR) is 72.2 cm³/mol. The van der Waals surface area contributed by atoms with Crippen LogP contribution in [0.1, 0.15) is 18.5 Å². The summed E-state index contributed by atoms with van der Waals surface area (Å²) >= 11 is 0. The molecule has 2 heterocycles. The van der Waals surface area contributed by atoms with E-state index in [0.717, 1.165) is 25.9 Å². The van der Waals surface area contributed by atoms with Crippen LogP contribution in [0.25, 0.3) is 0 Å². The average molecular weight is 287 g/mol. The molecule has 1 aliphatic heterocycles. The van der Waals surface area contributed by atoms with Crippen molar-refractivity contribution < 1.29 is 8.42 Å². The summed E-state index contributed by atoms with van der Waals surface area (Å²) in [7, 11) is -1.55. The predicted octanol–water partition coefficient (Wildman–Crippen LogP) is -0.580. The third-order valence-corrected chi connectivity index (χ3v) is 5.45. The van der Waals surface area contributed by atoms with Crippen molar-refractivity contribution in [1.29, 1.82) is 0 Å². The molecule has 0 bridgehead atoms. The van der Waals surface area contributed by atoms with Crippen LogP contribution in [0.15, 0.2) is 11.1 Å². The summed E-state index contributed by atoms with van der Waals surface area (Å²) in [5.74, 6) is 0. The fourth-order valence-corrected chi connectivity index (χ4v) is 3.95. The number of aryl methyl sites for hydroxylation is 1. The lowest BCUT2D eigenvalue weighted by atomic mass is 9.89. The molecule has 0 radical (unpaired) electrons. The number of rotatable bonds is 4. The van der Waals surface area contributed by atoms with E-state index in [1.54, 1.807) is 6.92 Å². The first-order valence-electron chi connectivity index (χ1n) is 6.31. The summed E-state index contributed by atoms with van der Waals surface area (Å²) < 4.78 is 27.6. The molecular weight excluding hydrogens is 266 g/mol. The Bertz CT molecular complexity index is 531. The number of aromatic amines is 1. The van der Waals surface area contributed by atoms with Crippen molar-refractivity contribution in [3.63, 3.8) is 0 Å². The molecule has 1 aliphatic rings. The first-order chi connectivity index (χ1) is 8.88. The normalized spacial score (nSPS) is 20.6. The Labute approximate surface area is 113 Å². The molecule has 0 spiro atoms. The van der Waals surface area contributed by atoms with Crippen LogP contribution in [-0.4, -0.2) is 55.7 Å². The highest BCUT2D eigenvalue weighted by Crippen LogP contribution is 2.24. The van der Waals surface area contributed by atoms with Crippen molar-refractivity contribution in [2.75, 3.05) is 26.7 Å². The van der Waals surface area contributed by atoms with Gasteiger partial charge in [-0.1, -0.05) is 0 Å². The van der Waals surface area contributed by atoms with Crippen molar-refractivity contribution in [3.05, 3.63) is 11.9 Å².